The lowest BCUT2D eigenvalue weighted by Crippen LogP contribution is -2.51. The van der Waals surface area contributed by atoms with Gasteiger partial charge in [0.2, 0.25) is 10.0 Å². The van der Waals surface area contributed by atoms with E-state index in [4.69, 9.17) is 4.74 Å². The first kappa shape index (κ1) is 21.4. The maximum atomic E-state index is 13.2. The molecule has 0 spiro atoms. The quantitative estimate of drug-likeness (QED) is 0.752. The molecule has 4 aliphatic carbocycles. The van der Waals surface area contributed by atoms with Gasteiger partial charge in [-0.1, -0.05) is 6.07 Å². The Morgan fingerprint density at radius 1 is 1.06 bits per heavy atom. The average Bonchev–Trinajstić information content (AvgIpc) is 2.70. The molecule has 1 saturated heterocycles. The van der Waals surface area contributed by atoms with E-state index in [2.05, 4.69) is 5.32 Å². The third-order valence-electron chi connectivity index (χ3n) is 7.91. The second kappa shape index (κ2) is 7.85. The number of hydrogen-bond donors (Lipinski definition) is 1. The topological polar surface area (TPSA) is 75.7 Å². The minimum absolute atomic E-state index is 0.148. The lowest BCUT2D eigenvalue weighted by atomic mass is 9.49. The van der Waals surface area contributed by atoms with Crippen LogP contribution in [0.2, 0.25) is 0 Å². The highest BCUT2D eigenvalue weighted by Crippen LogP contribution is 2.59. The Labute approximate surface area is 185 Å². The Hall–Kier alpha value is -1.44. The number of nitrogens with zero attached hydrogens (tertiary/aromatic N) is 1. The molecule has 31 heavy (non-hydrogen) atoms. The second-order valence-electron chi connectivity index (χ2n) is 10.7. The van der Waals surface area contributed by atoms with Crippen LogP contribution in [-0.2, 0) is 14.8 Å². The summed E-state index contributed by atoms with van der Waals surface area (Å²) in [4.78, 5) is 13.1. The summed E-state index contributed by atoms with van der Waals surface area (Å²) in [6.45, 7) is 5.13. The highest BCUT2D eigenvalue weighted by Gasteiger charge is 2.50. The predicted molar refractivity (Wildman–Crippen MR) is 118 cm³/mol. The number of ether oxygens (including phenoxy) is 1. The second-order valence-corrected chi connectivity index (χ2v) is 12.6. The molecule has 0 unspecified atom stereocenters. The van der Waals surface area contributed by atoms with E-state index in [0.717, 1.165) is 17.8 Å². The summed E-state index contributed by atoms with van der Waals surface area (Å²) < 4.78 is 33.5. The number of carbonyl (C=O) groups is 1. The summed E-state index contributed by atoms with van der Waals surface area (Å²) >= 11 is 0. The molecule has 2 atom stereocenters. The molecule has 170 valence electrons. The molecule has 5 fully saturated rings. The molecule has 6 nitrogen and oxygen atoms in total. The Bertz CT molecular complexity index is 915. The average molecular weight is 447 g/mol. The smallest absolute Gasteiger partial charge is 0.251 e. The molecule has 1 aliphatic heterocycles. The van der Waals surface area contributed by atoms with Gasteiger partial charge in [0, 0.05) is 25.2 Å². The van der Waals surface area contributed by atoms with E-state index in [1.54, 1.807) is 18.2 Å². The number of nitrogens with one attached hydrogen (secondary N) is 1. The van der Waals surface area contributed by atoms with Crippen LogP contribution in [-0.4, -0.2) is 50.5 Å². The van der Waals surface area contributed by atoms with Crippen LogP contribution in [0.15, 0.2) is 29.2 Å². The lowest BCUT2D eigenvalue weighted by Gasteiger charge is -2.56. The Morgan fingerprint density at radius 3 is 2.23 bits per heavy atom. The maximum Gasteiger partial charge on any atom is 0.251 e. The van der Waals surface area contributed by atoms with Crippen molar-refractivity contribution in [2.75, 3.05) is 19.6 Å². The molecule has 1 amide bonds. The third-order valence-corrected chi connectivity index (χ3v) is 9.74. The van der Waals surface area contributed by atoms with Gasteiger partial charge in [0.1, 0.15) is 0 Å². The minimum Gasteiger partial charge on any atom is -0.373 e. The lowest BCUT2D eigenvalue weighted by molar-refractivity contribution is -0.0503. The molecule has 1 heterocycles. The Morgan fingerprint density at radius 2 is 1.65 bits per heavy atom. The zero-order valence-corrected chi connectivity index (χ0v) is 19.4. The monoisotopic (exact) mass is 446 g/mol. The molecule has 1 aromatic rings. The number of hydrogen-bond acceptors (Lipinski definition) is 4. The minimum atomic E-state index is -3.66. The Balaban J connectivity index is 1.28. The third kappa shape index (κ3) is 4.16. The van der Waals surface area contributed by atoms with Gasteiger partial charge in [0.05, 0.1) is 17.1 Å². The van der Waals surface area contributed by atoms with E-state index < -0.39 is 10.0 Å². The van der Waals surface area contributed by atoms with Gasteiger partial charge < -0.3 is 10.1 Å². The number of amides is 1. The SMILES string of the molecule is C[C@@H]1CN(S(=O)(=O)c2cccc(C(=O)NCC34CC5CC(CC(C5)C3)C4)c2)C[C@H](C)O1. The molecule has 1 aromatic carbocycles. The molecule has 0 aromatic heterocycles. The van der Waals surface area contributed by atoms with Crippen LogP contribution < -0.4 is 5.32 Å². The van der Waals surface area contributed by atoms with Crippen molar-refractivity contribution in [3.05, 3.63) is 29.8 Å². The van der Waals surface area contributed by atoms with Gasteiger partial charge in [0.15, 0.2) is 0 Å². The van der Waals surface area contributed by atoms with Gasteiger partial charge in [-0.3, -0.25) is 4.79 Å². The summed E-state index contributed by atoms with van der Waals surface area (Å²) in [6.07, 6.45) is 7.56. The van der Waals surface area contributed by atoms with Crippen molar-refractivity contribution in [1.29, 1.82) is 0 Å². The molecule has 0 radical (unpaired) electrons. The molecule has 5 aliphatic rings. The first-order chi connectivity index (χ1) is 14.7. The fourth-order valence-electron chi connectivity index (χ4n) is 7.15. The van der Waals surface area contributed by atoms with Crippen molar-refractivity contribution in [3.8, 4) is 0 Å². The molecular formula is C24H34N2O4S. The number of morpholine rings is 1. The number of rotatable bonds is 5. The number of carbonyl (C=O) groups excluding carboxylic acids is 1. The van der Waals surface area contributed by atoms with Crippen LogP contribution in [0.25, 0.3) is 0 Å². The van der Waals surface area contributed by atoms with Crippen LogP contribution in [0.1, 0.15) is 62.7 Å². The molecule has 4 saturated carbocycles. The van der Waals surface area contributed by atoms with Gasteiger partial charge in [-0.2, -0.15) is 4.31 Å². The van der Waals surface area contributed by atoms with Gasteiger partial charge in [-0.15, -0.1) is 0 Å². The molecule has 6 rings (SSSR count). The molecule has 7 heteroatoms. The predicted octanol–water partition coefficient (Wildman–Crippen LogP) is 3.43. The van der Waals surface area contributed by atoms with Crippen LogP contribution in [0.3, 0.4) is 0 Å². The number of sulfonamides is 1. The summed E-state index contributed by atoms with van der Waals surface area (Å²) in [5, 5.41) is 3.16. The zero-order chi connectivity index (χ0) is 21.8. The fourth-order valence-corrected chi connectivity index (χ4v) is 8.79. The largest absolute Gasteiger partial charge is 0.373 e. The van der Waals surface area contributed by atoms with Crippen molar-refractivity contribution >= 4 is 15.9 Å². The molecule has 4 bridgehead atoms. The van der Waals surface area contributed by atoms with Crippen molar-refractivity contribution < 1.29 is 17.9 Å². The van der Waals surface area contributed by atoms with Crippen molar-refractivity contribution in [2.24, 2.45) is 23.2 Å². The van der Waals surface area contributed by atoms with Crippen molar-refractivity contribution in [1.82, 2.24) is 9.62 Å². The van der Waals surface area contributed by atoms with Crippen LogP contribution in [0, 0.1) is 23.2 Å². The van der Waals surface area contributed by atoms with E-state index in [0.29, 0.717) is 25.2 Å². The standard InChI is InChI=1S/C24H34N2O4S/c1-16-13-26(14-17(2)30-16)31(28,29)22-5-3-4-21(9-22)23(27)25-15-24-10-18-6-19(11-24)8-20(7-18)12-24/h3-5,9,16-20H,6-8,10-15H2,1-2H3,(H,25,27)/t16-,17+,18?,19?,20?,24?. The van der Waals surface area contributed by atoms with Crippen molar-refractivity contribution in [2.45, 2.75) is 69.5 Å². The van der Waals surface area contributed by atoms with Gasteiger partial charge >= 0.3 is 0 Å². The maximum absolute atomic E-state index is 13.2. The van der Waals surface area contributed by atoms with E-state index in [1.165, 1.54) is 48.9 Å². The summed E-state index contributed by atoms with van der Waals surface area (Å²) in [7, 11) is -3.66. The van der Waals surface area contributed by atoms with E-state index >= 15 is 0 Å². The summed E-state index contributed by atoms with van der Waals surface area (Å²) in [6, 6.07) is 6.48. The Kier molecular flexibility index (Phi) is 5.42. The van der Waals surface area contributed by atoms with E-state index in [-0.39, 0.29) is 28.4 Å². The van der Waals surface area contributed by atoms with E-state index in [1.807, 2.05) is 13.8 Å². The molecule has 1 N–H and O–H groups in total. The highest BCUT2D eigenvalue weighted by atomic mass is 32.2. The number of benzene rings is 1. The van der Waals surface area contributed by atoms with Gasteiger partial charge in [-0.05, 0) is 93.7 Å². The highest BCUT2D eigenvalue weighted by molar-refractivity contribution is 7.89. The van der Waals surface area contributed by atoms with Gasteiger partial charge in [0.25, 0.3) is 5.91 Å². The first-order valence-electron chi connectivity index (χ1n) is 11.8. The summed E-state index contributed by atoms with van der Waals surface area (Å²) in [5.41, 5.74) is 0.675. The van der Waals surface area contributed by atoms with Crippen LogP contribution in [0.4, 0.5) is 0 Å². The summed E-state index contributed by atoms with van der Waals surface area (Å²) in [5.74, 6) is 2.36. The van der Waals surface area contributed by atoms with Crippen molar-refractivity contribution in [3.63, 3.8) is 0 Å². The molecular weight excluding hydrogens is 412 g/mol. The fraction of sp³-hybridized carbons (Fsp3) is 0.708. The normalized spacial score (nSPS) is 37.7. The van der Waals surface area contributed by atoms with Crippen LogP contribution in [0.5, 0.6) is 0 Å². The van der Waals surface area contributed by atoms with Crippen LogP contribution >= 0.6 is 0 Å². The van der Waals surface area contributed by atoms with E-state index in [9.17, 15) is 13.2 Å². The zero-order valence-electron chi connectivity index (χ0n) is 18.5. The van der Waals surface area contributed by atoms with Gasteiger partial charge in [-0.25, -0.2) is 8.42 Å². The first-order valence-corrected chi connectivity index (χ1v) is 13.2.